The largest absolute Gasteiger partial charge is 0.493 e. The van der Waals surface area contributed by atoms with E-state index >= 15 is 0 Å². The second-order valence-electron chi connectivity index (χ2n) is 5.91. The number of benzene rings is 2. The van der Waals surface area contributed by atoms with Crippen molar-refractivity contribution in [2.75, 3.05) is 24.7 Å². The van der Waals surface area contributed by atoms with Gasteiger partial charge in [0.05, 0.1) is 30.3 Å². The maximum Gasteiger partial charge on any atom is 0.264 e. The Hall–Kier alpha value is -2.32. The van der Waals surface area contributed by atoms with Gasteiger partial charge in [0.25, 0.3) is 20.2 Å². The van der Waals surface area contributed by atoms with Gasteiger partial charge in [-0.3, -0.25) is 9.11 Å². The SMILES string of the molecule is C#Cc1ccc2c(OCCCS(=O)(=O)O)cccc2c1OCCCS(=O)(=O)O. The summed E-state index contributed by atoms with van der Waals surface area (Å²) in [6.07, 6.45) is 5.72. The monoisotopic (exact) mass is 428 g/mol. The molecule has 0 spiro atoms. The molecule has 8 nitrogen and oxygen atoms in total. The van der Waals surface area contributed by atoms with Gasteiger partial charge in [-0.25, -0.2) is 0 Å². The van der Waals surface area contributed by atoms with Gasteiger partial charge in [0.15, 0.2) is 0 Å². The topological polar surface area (TPSA) is 127 Å². The van der Waals surface area contributed by atoms with Crippen LogP contribution in [0.15, 0.2) is 30.3 Å². The predicted octanol–water partition coefficient (Wildman–Crippen LogP) is 2.13. The molecular formula is C18H20O8S2. The van der Waals surface area contributed by atoms with E-state index in [0.717, 1.165) is 0 Å². The molecule has 0 aliphatic rings. The zero-order chi connectivity index (χ0) is 20.8. The summed E-state index contributed by atoms with van der Waals surface area (Å²) in [5, 5.41) is 1.33. The summed E-state index contributed by atoms with van der Waals surface area (Å²) >= 11 is 0. The highest BCUT2D eigenvalue weighted by Gasteiger charge is 2.13. The van der Waals surface area contributed by atoms with E-state index in [2.05, 4.69) is 5.92 Å². The minimum atomic E-state index is -4.07. The first-order chi connectivity index (χ1) is 13.1. The molecular weight excluding hydrogens is 408 g/mol. The van der Waals surface area contributed by atoms with Gasteiger partial charge in [-0.2, -0.15) is 16.8 Å². The van der Waals surface area contributed by atoms with E-state index < -0.39 is 31.7 Å². The molecule has 0 amide bonds. The number of ether oxygens (including phenoxy) is 2. The van der Waals surface area contributed by atoms with Crippen molar-refractivity contribution in [1.82, 2.24) is 0 Å². The van der Waals surface area contributed by atoms with Crippen LogP contribution in [0.5, 0.6) is 11.5 Å². The Kier molecular flexibility index (Phi) is 7.26. The van der Waals surface area contributed by atoms with E-state index in [1.165, 1.54) is 0 Å². The zero-order valence-corrected chi connectivity index (χ0v) is 16.5. The van der Waals surface area contributed by atoms with Crippen LogP contribution in [0.25, 0.3) is 10.8 Å². The molecule has 0 heterocycles. The molecule has 0 aliphatic heterocycles. The summed E-state index contributed by atoms with van der Waals surface area (Å²) in [7, 11) is -8.11. The van der Waals surface area contributed by atoms with Crippen LogP contribution in [0.1, 0.15) is 18.4 Å². The molecule has 10 heteroatoms. The highest BCUT2D eigenvalue weighted by atomic mass is 32.2. The lowest BCUT2D eigenvalue weighted by Crippen LogP contribution is -2.09. The summed E-state index contributed by atoms with van der Waals surface area (Å²) in [5.74, 6) is 2.55. The minimum Gasteiger partial charge on any atom is -0.493 e. The van der Waals surface area contributed by atoms with Gasteiger partial charge in [0.2, 0.25) is 0 Å². The highest BCUT2D eigenvalue weighted by Crippen LogP contribution is 2.35. The molecule has 2 aromatic carbocycles. The molecule has 0 bridgehead atoms. The van der Waals surface area contributed by atoms with Gasteiger partial charge in [0, 0.05) is 10.8 Å². The fourth-order valence-electron chi connectivity index (χ4n) is 2.54. The van der Waals surface area contributed by atoms with Gasteiger partial charge < -0.3 is 9.47 Å². The summed E-state index contributed by atoms with van der Waals surface area (Å²) < 4.78 is 72.0. The Balaban J connectivity index is 2.20. The van der Waals surface area contributed by atoms with E-state index in [1.807, 2.05) is 0 Å². The molecule has 0 aromatic heterocycles. The maximum atomic E-state index is 10.8. The number of rotatable bonds is 10. The second kappa shape index (κ2) is 9.25. The minimum absolute atomic E-state index is 0.0347. The van der Waals surface area contributed by atoms with Crippen molar-refractivity contribution in [3.05, 3.63) is 35.9 Å². The number of hydrogen-bond donors (Lipinski definition) is 2. The third-order valence-corrected chi connectivity index (χ3v) is 5.33. The third-order valence-electron chi connectivity index (χ3n) is 3.72. The van der Waals surface area contributed by atoms with Crippen molar-refractivity contribution < 1.29 is 35.4 Å². The van der Waals surface area contributed by atoms with Crippen LogP contribution >= 0.6 is 0 Å². The van der Waals surface area contributed by atoms with Crippen molar-refractivity contribution >= 4 is 31.0 Å². The van der Waals surface area contributed by atoms with Crippen molar-refractivity contribution in [2.45, 2.75) is 12.8 Å². The van der Waals surface area contributed by atoms with Gasteiger partial charge in [-0.1, -0.05) is 18.1 Å². The molecule has 28 heavy (non-hydrogen) atoms. The lowest BCUT2D eigenvalue weighted by molar-refractivity contribution is 0.316. The molecule has 2 aromatic rings. The molecule has 0 unspecified atom stereocenters. The van der Waals surface area contributed by atoms with Crippen molar-refractivity contribution in [1.29, 1.82) is 0 Å². The first-order valence-electron chi connectivity index (χ1n) is 8.29. The van der Waals surface area contributed by atoms with Gasteiger partial charge in [-0.05, 0) is 31.0 Å². The Morgan fingerprint density at radius 2 is 1.46 bits per heavy atom. The summed E-state index contributed by atoms with van der Waals surface area (Å²) in [4.78, 5) is 0. The van der Waals surface area contributed by atoms with Crippen LogP contribution < -0.4 is 9.47 Å². The Morgan fingerprint density at radius 3 is 2.04 bits per heavy atom. The van der Waals surface area contributed by atoms with Crippen LogP contribution in [0.3, 0.4) is 0 Å². The van der Waals surface area contributed by atoms with Gasteiger partial charge in [0.1, 0.15) is 11.5 Å². The molecule has 152 valence electrons. The van der Waals surface area contributed by atoms with Crippen molar-refractivity contribution in [3.63, 3.8) is 0 Å². The Bertz CT molecular complexity index is 1080. The van der Waals surface area contributed by atoms with Crippen LogP contribution in [0.4, 0.5) is 0 Å². The quantitative estimate of drug-likeness (QED) is 0.335. The number of hydrogen-bond acceptors (Lipinski definition) is 6. The lowest BCUT2D eigenvalue weighted by atomic mass is 10.0. The Morgan fingerprint density at radius 1 is 0.857 bits per heavy atom. The molecule has 2 N–H and O–H groups in total. The summed E-state index contributed by atoms with van der Waals surface area (Å²) in [6.45, 7) is 0.118. The second-order valence-corrected chi connectivity index (χ2v) is 9.06. The van der Waals surface area contributed by atoms with Crippen LogP contribution in [-0.2, 0) is 20.2 Å². The standard InChI is InChI=1S/C18H20O8S2/c1-2-14-8-9-15-16(18(14)26-11-5-13-28(22,23)24)6-3-7-17(15)25-10-4-12-27(19,20)21/h1,3,6-9H,4-5,10-13H2,(H,19,20,21)(H,22,23,24). The van der Waals surface area contributed by atoms with Crippen LogP contribution in [0, 0.1) is 12.3 Å². The van der Waals surface area contributed by atoms with E-state index in [-0.39, 0.29) is 26.1 Å². The summed E-state index contributed by atoms with van der Waals surface area (Å²) in [6, 6.07) is 8.58. The zero-order valence-electron chi connectivity index (χ0n) is 14.9. The summed E-state index contributed by atoms with van der Waals surface area (Å²) in [5.41, 5.74) is 0.475. The average molecular weight is 428 g/mol. The van der Waals surface area contributed by atoms with E-state index in [1.54, 1.807) is 30.3 Å². The molecule has 0 fully saturated rings. The van der Waals surface area contributed by atoms with Crippen molar-refractivity contribution in [2.24, 2.45) is 0 Å². The van der Waals surface area contributed by atoms with E-state index in [4.69, 9.17) is 25.0 Å². The van der Waals surface area contributed by atoms with E-state index in [9.17, 15) is 16.8 Å². The third kappa shape index (κ3) is 6.69. The number of fused-ring (bicyclic) bond motifs is 1. The molecule has 0 atom stereocenters. The van der Waals surface area contributed by atoms with Gasteiger partial charge >= 0.3 is 0 Å². The fraction of sp³-hybridized carbons (Fsp3) is 0.333. The predicted molar refractivity (Wildman–Crippen MR) is 105 cm³/mol. The average Bonchev–Trinajstić information content (AvgIpc) is 2.60. The normalized spacial score (nSPS) is 11.9. The van der Waals surface area contributed by atoms with Crippen molar-refractivity contribution in [3.8, 4) is 23.8 Å². The van der Waals surface area contributed by atoms with Gasteiger partial charge in [-0.15, -0.1) is 6.42 Å². The Labute approximate surface area is 164 Å². The maximum absolute atomic E-state index is 10.8. The van der Waals surface area contributed by atoms with Crippen LogP contribution in [0.2, 0.25) is 0 Å². The molecule has 2 rings (SSSR count). The fourth-order valence-corrected chi connectivity index (χ4v) is 3.50. The van der Waals surface area contributed by atoms with E-state index in [0.29, 0.717) is 27.8 Å². The molecule has 0 radical (unpaired) electrons. The highest BCUT2D eigenvalue weighted by molar-refractivity contribution is 7.86. The molecule has 0 saturated heterocycles. The van der Waals surface area contributed by atoms with Crippen LogP contribution in [-0.4, -0.2) is 50.7 Å². The lowest BCUT2D eigenvalue weighted by Gasteiger charge is -2.14. The number of terminal acetylenes is 1. The smallest absolute Gasteiger partial charge is 0.264 e. The first kappa shape index (κ1) is 22.0. The molecule has 0 saturated carbocycles. The first-order valence-corrected chi connectivity index (χ1v) is 11.5. The molecule has 0 aliphatic carbocycles.